The third kappa shape index (κ3) is 4.74. The van der Waals surface area contributed by atoms with E-state index in [-0.39, 0.29) is 11.7 Å². The number of rotatable bonds is 7. The molecule has 32 heavy (non-hydrogen) atoms. The lowest BCUT2D eigenvalue weighted by Gasteiger charge is -2.32. The summed E-state index contributed by atoms with van der Waals surface area (Å²) < 4.78 is 15.1. The molecule has 1 saturated heterocycles. The Morgan fingerprint density at radius 3 is 2.78 bits per heavy atom. The molecule has 0 aliphatic carbocycles. The fourth-order valence-electron chi connectivity index (χ4n) is 4.49. The van der Waals surface area contributed by atoms with Crippen molar-refractivity contribution in [3.05, 3.63) is 70.6 Å². The Morgan fingerprint density at radius 2 is 1.97 bits per heavy atom. The summed E-state index contributed by atoms with van der Waals surface area (Å²) in [5, 5.41) is 4.18. The molecule has 5 rings (SSSR count). The summed E-state index contributed by atoms with van der Waals surface area (Å²) in [6, 6.07) is 12.8. The average molecular weight is 451 g/mol. The number of nitrogens with one attached hydrogen (secondary N) is 1. The maximum atomic E-state index is 13.0. The molecule has 2 aliphatic heterocycles. The fraction of sp³-hybridized carbons (Fsp3) is 0.360. The first-order chi connectivity index (χ1) is 15.7. The van der Waals surface area contributed by atoms with Gasteiger partial charge in [-0.2, -0.15) is 0 Å². The van der Waals surface area contributed by atoms with Crippen molar-refractivity contribution in [1.82, 2.24) is 19.6 Å². The first-order valence-electron chi connectivity index (χ1n) is 11.3. The van der Waals surface area contributed by atoms with Crippen LogP contribution in [0.25, 0.3) is 11.7 Å². The van der Waals surface area contributed by atoms with Crippen molar-refractivity contribution >= 4 is 29.4 Å². The highest BCUT2D eigenvalue weighted by atomic mass is 32.2. The van der Waals surface area contributed by atoms with E-state index >= 15 is 0 Å². The number of hydrogen-bond acceptors (Lipinski definition) is 4. The van der Waals surface area contributed by atoms with Gasteiger partial charge in [-0.1, -0.05) is 30.0 Å². The summed E-state index contributed by atoms with van der Waals surface area (Å²) in [6.07, 6.45) is 8.02. The van der Waals surface area contributed by atoms with E-state index in [0.29, 0.717) is 5.92 Å². The van der Waals surface area contributed by atoms with Gasteiger partial charge in [0.15, 0.2) is 0 Å². The number of carbonyl (C=O) groups is 1. The molecule has 7 heteroatoms. The van der Waals surface area contributed by atoms with Crippen LogP contribution in [0.3, 0.4) is 0 Å². The highest BCUT2D eigenvalue weighted by molar-refractivity contribution is 8.04. The molecule has 1 fully saturated rings. The predicted octanol–water partition coefficient (Wildman–Crippen LogP) is 4.38. The molecular formula is C25H27FN4OS. The average Bonchev–Trinajstić information content (AvgIpc) is 3.24. The fourth-order valence-corrected chi connectivity index (χ4v) is 5.50. The van der Waals surface area contributed by atoms with Gasteiger partial charge in [0.25, 0.3) is 5.91 Å². The zero-order valence-corrected chi connectivity index (χ0v) is 18.8. The van der Waals surface area contributed by atoms with Gasteiger partial charge in [-0.05, 0) is 87.1 Å². The first-order valence-corrected chi connectivity index (χ1v) is 12.1. The standard InChI is InChI=1S/C25H27FN4OS/c26-20-8-6-18(7-9-20)3-2-12-29-13-10-19(11-14-29)16-28-25(31)22-15-21-17-27-23-4-1-5-24(32-22)30(21)23/h1,4-9,15,17,19H,2-3,10-14,16H2,(H,28,31). The number of pyridine rings is 1. The second kappa shape index (κ2) is 9.46. The Balaban J connectivity index is 1.05. The first kappa shape index (κ1) is 21.2. The largest absolute Gasteiger partial charge is 0.351 e. The predicted molar refractivity (Wildman–Crippen MR) is 126 cm³/mol. The number of aryl methyl sites for hydroxylation is 1. The Bertz CT molecular complexity index is 1130. The van der Waals surface area contributed by atoms with Crippen LogP contribution in [0, 0.1) is 11.7 Å². The summed E-state index contributed by atoms with van der Waals surface area (Å²) >= 11 is 1.50. The molecule has 3 aromatic rings. The Labute approximate surface area is 191 Å². The van der Waals surface area contributed by atoms with Crippen molar-refractivity contribution in [2.75, 3.05) is 26.2 Å². The van der Waals surface area contributed by atoms with Crippen LogP contribution in [0.4, 0.5) is 4.39 Å². The second-order valence-electron chi connectivity index (χ2n) is 8.58. The number of nitrogens with zero attached hydrogens (tertiary/aromatic N) is 3. The lowest BCUT2D eigenvalue weighted by atomic mass is 9.96. The van der Waals surface area contributed by atoms with Crippen LogP contribution in [-0.2, 0) is 11.2 Å². The minimum Gasteiger partial charge on any atom is -0.351 e. The van der Waals surface area contributed by atoms with Crippen molar-refractivity contribution in [2.24, 2.45) is 5.92 Å². The van der Waals surface area contributed by atoms with E-state index in [1.807, 2.05) is 42.6 Å². The monoisotopic (exact) mass is 450 g/mol. The number of aromatic nitrogens is 2. The number of benzene rings is 1. The van der Waals surface area contributed by atoms with E-state index in [9.17, 15) is 9.18 Å². The molecule has 1 N–H and O–H groups in total. The van der Waals surface area contributed by atoms with Gasteiger partial charge in [-0.3, -0.25) is 9.20 Å². The van der Waals surface area contributed by atoms with Crippen LogP contribution in [0.5, 0.6) is 0 Å². The summed E-state index contributed by atoms with van der Waals surface area (Å²) in [7, 11) is 0. The number of imidazole rings is 1. The maximum Gasteiger partial charge on any atom is 0.258 e. The lowest BCUT2D eigenvalue weighted by Crippen LogP contribution is -2.39. The van der Waals surface area contributed by atoms with Gasteiger partial charge in [0.1, 0.15) is 11.5 Å². The van der Waals surface area contributed by atoms with Crippen LogP contribution < -0.4 is 5.32 Å². The summed E-state index contributed by atoms with van der Waals surface area (Å²) in [5.74, 6) is 0.349. The van der Waals surface area contributed by atoms with Crippen molar-refractivity contribution < 1.29 is 9.18 Å². The Morgan fingerprint density at radius 1 is 1.16 bits per heavy atom. The molecular weight excluding hydrogens is 423 g/mol. The Kier molecular flexibility index (Phi) is 6.28. The zero-order chi connectivity index (χ0) is 21.9. The van der Waals surface area contributed by atoms with Gasteiger partial charge >= 0.3 is 0 Å². The molecule has 4 heterocycles. The molecule has 5 nitrogen and oxygen atoms in total. The van der Waals surface area contributed by atoms with Crippen LogP contribution in [0.1, 0.15) is 30.5 Å². The smallest absolute Gasteiger partial charge is 0.258 e. The van der Waals surface area contributed by atoms with E-state index < -0.39 is 0 Å². The molecule has 0 unspecified atom stereocenters. The number of amides is 1. The van der Waals surface area contributed by atoms with Crippen LogP contribution in [0.15, 0.2) is 58.6 Å². The van der Waals surface area contributed by atoms with E-state index in [1.54, 1.807) is 0 Å². The molecule has 0 saturated carbocycles. The SMILES string of the molecule is O=C(NCC1CCN(CCCc2ccc(F)cc2)CC1)C1=Cc2cnc3cccc(n23)S1. The quantitative estimate of drug-likeness (QED) is 0.580. The van der Waals surface area contributed by atoms with Gasteiger partial charge in [0.2, 0.25) is 0 Å². The summed E-state index contributed by atoms with van der Waals surface area (Å²) in [6.45, 7) is 3.94. The maximum absolute atomic E-state index is 13.0. The van der Waals surface area contributed by atoms with Gasteiger partial charge in [-0.25, -0.2) is 9.37 Å². The van der Waals surface area contributed by atoms with E-state index in [1.165, 1.54) is 29.5 Å². The molecule has 0 spiro atoms. The van der Waals surface area contributed by atoms with Gasteiger partial charge < -0.3 is 10.2 Å². The second-order valence-corrected chi connectivity index (χ2v) is 9.64. The molecule has 0 bridgehead atoms. The molecule has 166 valence electrons. The number of hydrogen-bond donors (Lipinski definition) is 1. The van der Waals surface area contributed by atoms with Gasteiger partial charge in [-0.15, -0.1) is 0 Å². The van der Waals surface area contributed by atoms with Crippen LogP contribution >= 0.6 is 11.8 Å². The minimum atomic E-state index is -0.176. The van der Waals surface area contributed by atoms with Crippen molar-refractivity contribution in [2.45, 2.75) is 30.7 Å². The highest BCUT2D eigenvalue weighted by Gasteiger charge is 2.23. The number of likely N-dealkylation sites (tertiary alicyclic amines) is 1. The summed E-state index contributed by atoms with van der Waals surface area (Å²) in [4.78, 5) is 20.4. The third-order valence-corrected chi connectivity index (χ3v) is 7.40. The normalized spacial score (nSPS) is 16.8. The topological polar surface area (TPSA) is 49.6 Å². The van der Waals surface area contributed by atoms with Gasteiger partial charge in [0, 0.05) is 6.54 Å². The van der Waals surface area contributed by atoms with Crippen molar-refractivity contribution in [3.63, 3.8) is 0 Å². The van der Waals surface area contributed by atoms with Gasteiger partial charge in [0.05, 0.1) is 21.8 Å². The van der Waals surface area contributed by atoms with E-state index in [4.69, 9.17) is 0 Å². The van der Waals surface area contributed by atoms with Crippen molar-refractivity contribution in [1.29, 1.82) is 0 Å². The molecule has 0 radical (unpaired) electrons. The number of piperidine rings is 1. The number of halogens is 1. The lowest BCUT2D eigenvalue weighted by molar-refractivity contribution is -0.117. The number of carbonyl (C=O) groups excluding carboxylic acids is 1. The van der Waals surface area contributed by atoms with Crippen LogP contribution in [0.2, 0.25) is 0 Å². The van der Waals surface area contributed by atoms with E-state index in [2.05, 4.69) is 19.6 Å². The van der Waals surface area contributed by atoms with Crippen LogP contribution in [-0.4, -0.2) is 46.4 Å². The molecule has 2 aromatic heterocycles. The molecule has 1 amide bonds. The third-order valence-electron chi connectivity index (χ3n) is 6.35. The number of thioether (sulfide) groups is 1. The molecule has 0 atom stereocenters. The zero-order valence-electron chi connectivity index (χ0n) is 18.0. The Hall–Kier alpha value is -2.64. The highest BCUT2D eigenvalue weighted by Crippen LogP contribution is 2.34. The van der Waals surface area contributed by atoms with E-state index in [0.717, 1.165) is 73.1 Å². The van der Waals surface area contributed by atoms with Crippen molar-refractivity contribution in [3.8, 4) is 0 Å². The minimum absolute atomic E-state index is 0.00109. The molecule has 2 aliphatic rings. The molecule has 1 aromatic carbocycles. The summed E-state index contributed by atoms with van der Waals surface area (Å²) in [5.41, 5.74) is 3.05.